The minimum Gasteiger partial charge on any atom is -0.378 e. The van der Waals surface area contributed by atoms with Crippen LogP contribution in [0, 0.1) is 0 Å². The van der Waals surface area contributed by atoms with Crippen molar-refractivity contribution in [2.45, 2.75) is 13.0 Å². The van der Waals surface area contributed by atoms with E-state index in [0.29, 0.717) is 60.8 Å². The highest BCUT2D eigenvalue weighted by Gasteiger charge is 2.23. The SMILES string of the molecule is O=C(Cc1ccc(NC(=O)c2ccccc2-c2ccccc2C(=O)N2CCOCC2)cc1)NCc1ccccc1. The van der Waals surface area contributed by atoms with Crippen LogP contribution < -0.4 is 10.6 Å². The Balaban J connectivity index is 1.27. The number of hydrogen-bond donors (Lipinski definition) is 2. The van der Waals surface area contributed by atoms with E-state index in [1.807, 2.05) is 78.9 Å². The molecule has 4 aromatic rings. The number of carbonyl (C=O) groups is 3. The van der Waals surface area contributed by atoms with Gasteiger partial charge in [0.1, 0.15) is 0 Å². The Hall–Kier alpha value is -4.75. The Morgan fingerprint density at radius 1 is 0.675 bits per heavy atom. The predicted molar refractivity (Wildman–Crippen MR) is 155 cm³/mol. The second kappa shape index (κ2) is 12.9. The second-order valence-electron chi connectivity index (χ2n) is 9.59. The highest BCUT2D eigenvalue weighted by molar-refractivity contribution is 6.11. The summed E-state index contributed by atoms with van der Waals surface area (Å²) in [5.74, 6) is -0.421. The lowest BCUT2D eigenvalue weighted by Crippen LogP contribution is -2.40. The van der Waals surface area contributed by atoms with Gasteiger partial charge in [-0.25, -0.2) is 0 Å². The Morgan fingerprint density at radius 2 is 1.27 bits per heavy atom. The Morgan fingerprint density at radius 3 is 1.98 bits per heavy atom. The molecule has 202 valence electrons. The minimum atomic E-state index is -0.280. The topological polar surface area (TPSA) is 87.7 Å². The van der Waals surface area contributed by atoms with Gasteiger partial charge in [-0.05, 0) is 46.5 Å². The molecule has 40 heavy (non-hydrogen) atoms. The molecule has 0 aliphatic carbocycles. The largest absolute Gasteiger partial charge is 0.378 e. The molecule has 0 spiro atoms. The molecular formula is C33H31N3O4. The smallest absolute Gasteiger partial charge is 0.256 e. The molecule has 5 rings (SSSR count). The average molecular weight is 534 g/mol. The summed E-state index contributed by atoms with van der Waals surface area (Å²) in [7, 11) is 0. The third kappa shape index (κ3) is 6.62. The predicted octanol–water partition coefficient (Wildman–Crippen LogP) is 4.94. The van der Waals surface area contributed by atoms with E-state index in [1.54, 1.807) is 29.2 Å². The van der Waals surface area contributed by atoms with Gasteiger partial charge in [-0.3, -0.25) is 14.4 Å². The molecule has 4 aromatic carbocycles. The summed E-state index contributed by atoms with van der Waals surface area (Å²) >= 11 is 0. The van der Waals surface area contributed by atoms with E-state index >= 15 is 0 Å². The van der Waals surface area contributed by atoms with Crippen molar-refractivity contribution in [2.24, 2.45) is 0 Å². The lowest BCUT2D eigenvalue weighted by atomic mass is 9.94. The zero-order valence-corrected chi connectivity index (χ0v) is 22.1. The molecule has 7 heteroatoms. The molecule has 0 aromatic heterocycles. The fourth-order valence-corrected chi connectivity index (χ4v) is 4.71. The Kier molecular flexibility index (Phi) is 8.63. The molecule has 0 saturated carbocycles. The zero-order valence-electron chi connectivity index (χ0n) is 22.1. The molecule has 0 unspecified atom stereocenters. The van der Waals surface area contributed by atoms with E-state index in [2.05, 4.69) is 10.6 Å². The number of anilines is 1. The van der Waals surface area contributed by atoms with E-state index in [4.69, 9.17) is 4.74 Å². The van der Waals surface area contributed by atoms with Gasteiger partial charge in [0.15, 0.2) is 0 Å². The fraction of sp³-hybridized carbons (Fsp3) is 0.182. The maximum absolute atomic E-state index is 13.4. The number of benzene rings is 4. The highest BCUT2D eigenvalue weighted by Crippen LogP contribution is 2.29. The lowest BCUT2D eigenvalue weighted by Gasteiger charge is -2.27. The van der Waals surface area contributed by atoms with Crippen LogP contribution in [0.15, 0.2) is 103 Å². The summed E-state index contributed by atoms with van der Waals surface area (Å²) in [5.41, 5.74) is 4.92. The Bertz CT molecular complexity index is 1480. The second-order valence-corrected chi connectivity index (χ2v) is 9.59. The quantitative estimate of drug-likeness (QED) is 0.336. The van der Waals surface area contributed by atoms with Crippen LogP contribution in [0.4, 0.5) is 5.69 Å². The van der Waals surface area contributed by atoms with Crippen LogP contribution in [-0.2, 0) is 22.5 Å². The van der Waals surface area contributed by atoms with Crippen molar-refractivity contribution < 1.29 is 19.1 Å². The number of nitrogens with one attached hydrogen (secondary N) is 2. The number of rotatable bonds is 8. The standard InChI is InChI=1S/C33H31N3O4/c37-31(34-23-25-8-2-1-3-9-25)22-24-14-16-26(17-15-24)35-32(38)29-12-6-4-10-27(29)28-11-5-7-13-30(28)33(39)36-18-20-40-21-19-36/h1-17H,18-23H2,(H,34,37)(H,35,38). The lowest BCUT2D eigenvalue weighted by molar-refractivity contribution is -0.120. The number of amides is 3. The van der Waals surface area contributed by atoms with Gasteiger partial charge < -0.3 is 20.3 Å². The van der Waals surface area contributed by atoms with Crippen molar-refractivity contribution in [3.05, 3.63) is 125 Å². The normalized spacial score (nSPS) is 12.9. The molecule has 1 aliphatic rings. The van der Waals surface area contributed by atoms with E-state index in [1.165, 1.54) is 0 Å². The van der Waals surface area contributed by atoms with Crippen LogP contribution in [-0.4, -0.2) is 48.9 Å². The first-order valence-corrected chi connectivity index (χ1v) is 13.3. The van der Waals surface area contributed by atoms with Crippen molar-refractivity contribution in [2.75, 3.05) is 31.6 Å². The van der Waals surface area contributed by atoms with E-state index < -0.39 is 0 Å². The zero-order chi connectivity index (χ0) is 27.7. The van der Waals surface area contributed by atoms with Crippen LogP contribution in [0.1, 0.15) is 31.8 Å². The van der Waals surface area contributed by atoms with Crippen LogP contribution in [0.3, 0.4) is 0 Å². The summed E-state index contributed by atoms with van der Waals surface area (Å²) in [4.78, 5) is 40.9. The first-order valence-electron chi connectivity index (χ1n) is 13.3. The van der Waals surface area contributed by atoms with Crippen LogP contribution in [0.25, 0.3) is 11.1 Å². The number of hydrogen-bond acceptors (Lipinski definition) is 4. The van der Waals surface area contributed by atoms with Crippen molar-refractivity contribution >= 4 is 23.4 Å². The number of ether oxygens (including phenoxy) is 1. The molecule has 1 fully saturated rings. The van der Waals surface area contributed by atoms with Gasteiger partial charge in [0.05, 0.1) is 19.6 Å². The van der Waals surface area contributed by atoms with Crippen LogP contribution >= 0.6 is 0 Å². The van der Waals surface area contributed by atoms with Gasteiger partial charge in [0, 0.05) is 36.4 Å². The van der Waals surface area contributed by atoms with Gasteiger partial charge in [-0.1, -0.05) is 78.9 Å². The summed E-state index contributed by atoms with van der Waals surface area (Å²) in [6.07, 6.45) is 0.248. The van der Waals surface area contributed by atoms with Crippen LogP contribution in [0.2, 0.25) is 0 Å². The average Bonchev–Trinajstić information content (AvgIpc) is 3.01. The molecule has 1 saturated heterocycles. The number of carbonyl (C=O) groups excluding carboxylic acids is 3. The van der Waals surface area contributed by atoms with Gasteiger partial charge in [0.2, 0.25) is 5.91 Å². The third-order valence-electron chi connectivity index (χ3n) is 6.83. The van der Waals surface area contributed by atoms with Crippen molar-refractivity contribution in [1.29, 1.82) is 0 Å². The van der Waals surface area contributed by atoms with E-state index in [0.717, 1.165) is 11.1 Å². The molecule has 0 bridgehead atoms. The number of morpholine rings is 1. The van der Waals surface area contributed by atoms with Gasteiger partial charge in [-0.2, -0.15) is 0 Å². The molecule has 0 radical (unpaired) electrons. The maximum Gasteiger partial charge on any atom is 0.256 e. The Labute approximate surface area is 233 Å². The third-order valence-corrected chi connectivity index (χ3v) is 6.83. The molecule has 7 nitrogen and oxygen atoms in total. The number of nitrogens with zero attached hydrogens (tertiary/aromatic N) is 1. The molecule has 3 amide bonds. The first kappa shape index (κ1) is 26.8. The van der Waals surface area contributed by atoms with Crippen molar-refractivity contribution in [3.8, 4) is 11.1 Å². The molecule has 2 N–H and O–H groups in total. The van der Waals surface area contributed by atoms with Crippen molar-refractivity contribution in [3.63, 3.8) is 0 Å². The molecule has 0 atom stereocenters. The minimum absolute atomic E-state index is 0.0696. The fourth-order valence-electron chi connectivity index (χ4n) is 4.71. The molecule has 1 heterocycles. The van der Waals surface area contributed by atoms with E-state index in [9.17, 15) is 14.4 Å². The summed E-state index contributed by atoms with van der Waals surface area (Å²) < 4.78 is 5.39. The maximum atomic E-state index is 13.4. The van der Waals surface area contributed by atoms with Gasteiger partial charge in [-0.15, -0.1) is 0 Å². The van der Waals surface area contributed by atoms with Gasteiger partial charge in [0.25, 0.3) is 11.8 Å². The molecule has 1 aliphatic heterocycles. The van der Waals surface area contributed by atoms with Gasteiger partial charge >= 0.3 is 0 Å². The summed E-state index contributed by atoms with van der Waals surface area (Å²) in [6.45, 7) is 2.60. The highest BCUT2D eigenvalue weighted by atomic mass is 16.5. The van der Waals surface area contributed by atoms with E-state index in [-0.39, 0.29) is 24.1 Å². The monoisotopic (exact) mass is 533 g/mol. The summed E-state index contributed by atoms with van der Waals surface area (Å²) in [6, 6.07) is 31.7. The molecular weight excluding hydrogens is 502 g/mol. The van der Waals surface area contributed by atoms with Crippen LogP contribution in [0.5, 0.6) is 0 Å². The summed E-state index contributed by atoms with van der Waals surface area (Å²) in [5, 5.41) is 5.89. The van der Waals surface area contributed by atoms with Crippen molar-refractivity contribution in [1.82, 2.24) is 10.2 Å². The first-order chi connectivity index (χ1) is 19.6.